The molecule has 39 heavy (non-hydrogen) atoms. The van der Waals surface area contributed by atoms with E-state index in [2.05, 4.69) is 37.0 Å². The molecule has 1 atom stereocenters. The molecule has 0 saturated heterocycles. The zero-order valence-corrected chi connectivity index (χ0v) is 23.8. The number of aromatic nitrogens is 3. The SMILES string of the molecule is CCn1c(Sc2ccc([N+](=O)[O-])cc2C=Nc2sc3c(c2C#N)CC[C@@H](C(C)(C)C)C3)nnc1-c1ccco1. The number of rotatable bonds is 7. The van der Waals surface area contributed by atoms with Gasteiger partial charge in [0.1, 0.15) is 11.1 Å². The van der Waals surface area contributed by atoms with Crippen molar-refractivity contribution in [3.05, 3.63) is 68.3 Å². The van der Waals surface area contributed by atoms with Crippen LogP contribution in [0.5, 0.6) is 0 Å². The second-order valence-corrected chi connectivity index (χ2v) is 12.6. The van der Waals surface area contributed by atoms with Crippen LogP contribution in [-0.2, 0) is 19.4 Å². The van der Waals surface area contributed by atoms with Crippen molar-refractivity contribution in [1.82, 2.24) is 14.8 Å². The molecule has 0 aliphatic heterocycles. The summed E-state index contributed by atoms with van der Waals surface area (Å²) in [5.74, 6) is 1.77. The van der Waals surface area contributed by atoms with Crippen LogP contribution >= 0.6 is 23.1 Å². The number of nitriles is 1. The molecule has 1 aromatic carbocycles. The molecule has 0 fully saturated rings. The van der Waals surface area contributed by atoms with Gasteiger partial charge in [-0.3, -0.25) is 14.7 Å². The number of benzene rings is 1. The largest absolute Gasteiger partial charge is 0.461 e. The predicted molar refractivity (Wildman–Crippen MR) is 152 cm³/mol. The summed E-state index contributed by atoms with van der Waals surface area (Å²) in [6.45, 7) is 9.39. The maximum Gasteiger partial charge on any atom is 0.270 e. The molecule has 3 aromatic heterocycles. The van der Waals surface area contributed by atoms with Gasteiger partial charge in [-0.05, 0) is 73.0 Å². The van der Waals surface area contributed by atoms with Crippen LogP contribution in [0.1, 0.15) is 55.7 Å². The molecule has 0 amide bonds. The molecule has 0 unspecified atom stereocenters. The summed E-state index contributed by atoms with van der Waals surface area (Å²) in [6, 6.07) is 10.6. The molecule has 0 spiro atoms. The van der Waals surface area contributed by atoms with Crippen LogP contribution < -0.4 is 0 Å². The van der Waals surface area contributed by atoms with Crippen molar-refractivity contribution in [3.8, 4) is 17.7 Å². The van der Waals surface area contributed by atoms with Crippen molar-refractivity contribution < 1.29 is 9.34 Å². The van der Waals surface area contributed by atoms with Crippen LogP contribution in [-0.4, -0.2) is 25.9 Å². The van der Waals surface area contributed by atoms with Crippen molar-refractivity contribution in [2.75, 3.05) is 0 Å². The summed E-state index contributed by atoms with van der Waals surface area (Å²) >= 11 is 2.91. The third-order valence-electron chi connectivity index (χ3n) is 7.08. The van der Waals surface area contributed by atoms with Crippen LogP contribution in [0.25, 0.3) is 11.6 Å². The van der Waals surface area contributed by atoms with Gasteiger partial charge in [0.15, 0.2) is 16.7 Å². The highest BCUT2D eigenvalue weighted by atomic mass is 32.2. The van der Waals surface area contributed by atoms with Crippen LogP contribution in [0.4, 0.5) is 10.7 Å². The minimum absolute atomic E-state index is 0.0342. The standard InChI is InChI=1S/C28H28N6O3S2/c1-5-33-25(22-7-6-12-37-22)31-32-27(33)39-23-11-9-19(34(35)36)13-17(23)16-30-26-21(15-29)20-10-8-18(28(2,3)4)14-24(20)38-26/h6-7,9,11-13,16,18H,5,8,10,14H2,1-4H3/t18-/m1/s1. The number of nitro groups is 1. The summed E-state index contributed by atoms with van der Waals surface area (Å²) in [5, 5.41) is 31.4. The smallest absolute Gasteiger partial charge is 0.270 e. The van der Waals surface area contributed by atoms with E-state index in [1.807, 2.05) is 17.6 Å². The Morgan fingerprint density at radius 3 is 2.85 bits per heavy atom. The van der Waals surface area contributed by atoms with Gasteiger partial charge in [0.05, 0.1) is 16.7 Å². The first kappa shape index (κ1) is 26.8. The number of hydrogen-bond acceptors (Lipinski definition) is 9. The molecule has 3 heterocycles. The number of nitro benzene ring substituents is 1. The summed E-state index contributed by atoms with van der Waals surface area (Å²) < 4.78 is 7.44. The summed E-state index contributed by atoms with van der Waals surface area (Å²) in [7, 11) is 0. The van der Waals surface area contributed by atoms with E-state index in [9.17, 15) is 15.4 Å². The summed E-state index contributed by atoms with van der Waals surface area (Å²) in [6.07, 6.45) is 6.07. The minimum Gasteiger partial charge on any atom is -0.461 e. The predicted octanol–water partition coefficient (Wildman–Crippen LogP) is 7.45. The molecule has 0 bridgehead atoms. The Hall–Kier alpha value is -3.75. The van der Waals surface area contributed by atoms with Crippen LogP contribution in [0.15, 0.2) is 56.1 Å². The summed E-state index contributed by atoms with van der Waals surface area (Å²) in [4.78, 5) is 17.8. The Labute approximate surface area is 234 Å². The average Bonchev–Trinajstić information content (AvgIpc) is 3.65. The first-order valence-corrected chi connectivity index (χ1v) is 14.3. The molecular formula is C28H28N6O3S2. The van der Waals surface area contributed by atoms with Gasteiger partial charge in [0.25, 0.3) is 5.69 Å². The van der Waals surface area contributed by atoms with Gasteiger partial charge < -0.3 is 4.42 Å². The van der Waals surface area contributed by atoms with Gasteiger partial charge in [-0.1, -0.05) is 20.8 Å². The zero-order chi connectivity index (χ0) is 27.7. The lowest BCUT2D eigenvalue weighted by atomic mass is 9.72. The number of thiophene rings is 1. The molecule has 200 valence electrons. The highest BCUT2D eigenvalue weighted by Crippen LogP contribution is 2.45. The van der Waals surface area contributed by atoms with E-state index >= 15 is 0 Å². The van der Waals surface area contributed by atoms with E-state index in [0.717, 1.165) is 29.7 Å². The van der Waals surface area contributed by atoms with Crippen molar-refractivity contribution >= 4 is 40.0 Å². The Morgan fingerprint density at radius 1 is 1.36 bits per heavy atom. The Balaban J connectivity index is 1.50. The molecule has 0 N–H and O–H groups in total. The molecule has 0 saturated carbocycles. The first-order valence-electron chi connectivity index (χ1n) is 12.7. The number of nitrogens with zero attached hydrogens (tertiary/aromatic N) is 6. The molecule has 5 rings (SSSR count). The fraction of sp³-hybridized carbons (Fsp3) is 0.357. The lowest BCUT2D eigenvalue weighted by Gasteiger charge is -2.33. The van der Waals surface area contributed by atoms with E-state index in [-0.39, 0.29) is 11.1 Å². The van der Waals surface area contributed by atoms with Crippen LogP contribution in [0, 0.1) is 32.8 Å². The molecule has 1 aliphatic carbocycles. The lowest BCUT2D eigenvalue weighted by Crippen LogP contribution is -2.26. The van der Waals surface area contributed by atoms with Crippen LogP contribution in [0.3, 0.4) is 0 Å². The summed E-state index contributed by atoms with van der Waals surface area (Å²) in [5.41, 5.74) is 2.45. The third kappa shape index (κ3) is 5.40. The Bertz CT molecular complexity index is 1590. The topological polar surface area (TPSA) is 123 Å². The number of aliphatic imine (C=N–C) groups is 1. The van der Waals surface area contributed by atoms with E-state index in [4.69, 9.17) is 9.41 Å². The molecular weight excluding hydrogens is 532 g/mol. The normalized spacial score (nSPS) is 15.4. The van der Waals surface area contributed by atoms with Gasteiger partial charge in [0, 0.05) is 40.2 Å². The highest BCUT2D eigenvalue weighted by Gasteiger charge is 2.32. The lowest BCUT2D eigenvalue weighted by molar-refractivity contribution is -0.384. The maximum absolute atomic E-state index is 11.6. The maximum atomic E-state index is 11.6. The van der Waals surface area contributed by atoms with E-state index in [0.29, 0.717) is 45.3 Å². The number of hydrogen-bond donors (Lipinski definition) is 0. The van der Waals surface area contributed by atoms with Gasteiger partial charge in [-0.2, -0.15) is 5.26 Å². The van der Waals surface area contributed by atoms with Crippen molar-refractivity contribution in [1.29, 1.82) is 5.26 Å². The second kappa shape index (κ2) is 10.8. The highest BCUT2D eigenvalue weighted by molar-refractivity contribution is 7.99. The molecule has 0 radical (unpaired) electrons. The molecule has 11 heteroatoms. The minimum atomic E-state index is -0.424. The van der Waals surface area contributed by atoms with Crippen molar-refractivity contribution in [2.45, 2.75) is 63.6 Å². The zero-order valence-electron chi connectivity index (χ0n) is 22.2. The number of furan rings is 1. The number of non-ortho nitro benzene ring substituents is 1. The van der Waals surface area contributed by atoms with Crippen molar-refractivity contribution in [2.24, 2.45) is 16.3 Å². The van der Waals surface area contributed by atoms with Gasteiger partial charge >= 0.3 is 0 Å². The third-order valence-corrected chi connectivity index (χ3v) is 9.32. The van der Waals surface area contributed by atoms with Gasteiger partial charge in [0.2, 0.25) is 0 Å². The Morgan fingerprint density at radius 2 is 2.18 bits per heavy atom. The first-order chi connectivity index (χ1) is 18.7. The van der Waals surface area contributed by atoms with E-state index in [1.165, 1.54) is 28.8 Å². The molecule has 1 aliphatic rings. The monoisotopic (exact) mass is 560 g/mol. The van der Waals surface area contributed by atoms with Gasteiger partial charge in [-0.25, -0.2) is 4.99 Å². The fourth-order valence-corrected chi connectivity index (χ4v) is 7.02. The molecule has 4 aromatic rings. The Kier molecular flexibility index (Phi) is 7.42. The van der Waals surface area contributed by atoms with Gasteiger partial charge in [-0.15, -0.1) is 21.5 Å². The quantitative estimate of drug-likeness (QED) is 0.131. The fourth-order valence-electron chi connectivity index (χ4n) is 4.82. The van der Waals surface area contributed by atoms with E-state index in [1.54, 1.807) is 35.9 Å². The second-order valence-electron chi connectivity index (χ2n) is 10.5. The average molecular weight is 561 g/mol. The number of fused-ring (bicyclic) bond motifs is 1. The van der Waals surface area contributed by atoms with Crippen LogP contribution in [0.2, 0.25) is 0 Å². The van der Waals surface area contributed by atoms with E-state index < -0.39 is 4.92 Å². The molecule has 9 nitrogen and oxygen atoms in total. The van der Waals surface area contributed by atoms with Crippen molar-refractivity contribution in [3.63, 3.8) is 0 Å².